The van der Waals surface area contributed by atoms with Crippen molar-refractivity contribution < 1.29 is 9.13 Å². The van der Waals surface area contributed by atoms with Gasteiger partial charge in [-0.15, -0.1) is 10.2 Å². The van der Waals surface area contributed by atoms with Gasteiger partial charge in [-0.3, -0.25) is 0 Å². The van der Waals surface area contributed by atoms with E-state index in [1.807, 2.05) is 0 Å². The maximum absolute atomic E-state index is 13.1. The van der Waals surface area contributed by atoms with Crippen LogP contribution in [0.4, 0.5) is 4.39 Å². The Morgan fingerprint density at radius 3 is 2.65 bits per heavy atom. The number of hydrogen-bond donors (Lipinski definition) is 0. The van der Waals surface area contributed by atoms with Crippen LogP contribution in [0.2, 0.25) is 10.3 Å². The third-order valence-electron chi connectivity index (χ3n) is 2.04. The van der Waals surface area contributed by atoms with Crippen LogP contribution in [-0.4, -0.2) is 10.2 Å². The Labute approximate surface area is 107 Å². The third-order valence-corrected chi connectivity index (χ3v) is 2.49. The molecule has 0 aliphatic carbocycles. The first-order valence-corrected chi connectivity index (χ1v) is 5.44. The Bertz CT molecular complexity index is 563. The molecule has 0 aliphatic heterocycles. The summed E-state index contributed by atoms with van der Waals surface area (Å²) < 4.78 is 18.5. The van der Waals surface area contributed by atoms with E-state index in [2.05, 4.69) is 10.2 Å². The zero-order valence-corrected chi connectivity index (χ0v) is 10.3. The zero-order valence-electron chi connectivity index (χ0n) is 8.75. The second-order valence-corrected chi connectivity index (χ2v) is 4.08. The van der Waals surface area contributed by atoms with Crippen molar-refractivity contribution in [1.29, 1.82) is 0 Å². The average molecular weight is 273 g/mol. The standard InChI is InChI=1S/C11H7Cl2FN2O/c1-6-4-7(2-3-8(6)14)17-9-5-10(12)15-16-11(9)13/h2-5H,1H3. The lowest BCUT2D eigenvalue weighted by molar-refractivity contribution is 0.476. The first-order chi connectivity index (χ1) is 8.06. The molecule has 0 atom stereocenters. The van der Waals surface area contributed by atoms with Gasteiger partial charge in [0.2, 0.25) is 0 Å². The number of aryl methyl sites for hydroxylation is 1. The van der Waals surface area contributed by atoms with Gasteiger partial charge in [-0.2, -0.15) is 0 Å². The maximum atomic E-state index is 13.1. The van der Waals surface area contributed by atoms with Crippen molar-refractivity contribution in [3.8, 4) is 11.5 Å². The van der Waals surface area contributed by atoms with Crippen LogP contribution in [0.3, 0.4) is 0 Å². The molecule has 0 spiro atoms. The lowest BCUT2D eigenvalue weighted by Gasteiger charge is -2.07. The quantitative estimate of drug-likeness (QED) is 0.828. The molecule has 0 N–H and O–H groups in total. The SMILES string of the molecule is Cc1cc(Oc2cc(Cl)nnc2Cl)ccc1F. The van der Waals surface area contributed by atoms with Gasteiger partial charge in [0.05, 0.1) is 0 Å². The molecule has 0 amide bonds. The molecule has 0 unspecified atom stereocenters. The number of aromatic nitrogens is 2. The van der Waals surface area contributed by atoms with Crippen molar-refractivity contribution in [2.75, 3.05) is 0 Å². The Morgan fingerprint density at radius 1 is 1.18 bits per heavy atom. The highest BCUT2D eigenvalue weighted by Crippen LogP contribution is 2.29. The van der Waals surface area contributed by atoms with Crippen LogP contribution >= 0.6 is 23.2 Å². The Hall–Kier alpha value is -1.39. The van der Waals surface area contributed by atoms with Gasteiger partial charge in [-0.05, 0) is 30.7 Å². The number of benzene rings is 1. The lowest BCUT2D eigenvalue weighted by atomic mass is 10.2. The van der Waals surface area contributed by atoms with Crippen LogP contribution in [0.25, 0.3) is 0 Å². The maximum Gasteiger partial charge on any atom is 0.194 e. The largest absolute Gasteiger partial charge is 0.454 e. The number of halogens is 3. The zero-order chi connectivity index (χ0) is 12.4. The van der Waals surface area contributed by atoms with Crippen molar-refractivity contribution in [1.82, 2.24) is 10.2 Å². The van der Waals surface area contributed by atoms with E-state index in [4.69, 9.17) is 27.9 Å². The molecule has 2 aromatic rings. The summed E-state index contributed by atoms with van der Waals surface area (Å²) in [5.74, 6) is 0.432. The molecule has 88 valence electrons. The van der Waals surface area contributed by atoms with Crippen LogP contribution in [0, 0.1) is 12.7 Å². The Morgan fingerprint density at radius 2 is 1.94 bits per heavy atom. The molecule has 1 aromatic heterocycles. The van der Waals surface area contributed by atoms with Gasteiger partial charge < -0.3 is 4.74 Å². The lowest BCUT2D eigenvalue weighted by Crippen LogP contribution is -1.91. The van der Waals surface area contributed by atoms with E-state index in [-0.39, 0.29) is 21.9 Å². The first kappa shape index (κ1) is 12.1. The molecule has 1 heterocycles. The normalized spacial score (nSPS) is 10.4. The van der Waals surface area contributed by atoms with E-state index in [0.717, 1.165) is 0 Å². The van der Waals surface area contributed by atoms with E-state index in [1.165, 1.54) is 18.2 Å². The van der Waals surface area contributed by atoms with E-state index >= 15 is 0 Å². The minimum atomic E-state index is -0.297. The minimum absolute atomic E-state index is 0.0939. The van der Waals surface area contributed by atoms with Crippen LogP contribution < -0.4 is 4.74 Å². The Balaban J connectivity index is 2.31. The van der Waals surface area contributed by atoms with Gasteiger partial charge in [0, 0.05) is 6.07 Å². The summed E-state index contributed by atoms with van der Waals surface area (Å²) in [6.45, 7) is 1.64. The molecule has 0 saturated carbocycles. The molecule has 0 bridgehead atoms. The summed E-state index contributed by atoms with van der Waals surface area (Å²) in [4.78, 5) is 0. The summed E-state index contributed by atoms with van der Waals surface area (Å²) in [6, 6.07) is 5.80. The second kappa shape index (κ2) is 4.85. The number of hydrogen-bond acceptors (Lipinski definition) is 3. The predicted molar refractivity (Wildman–Crippen MR) is 63.3 cm³/mol. The number of nitrogens with zero attached hydrogens (tertiary/aromatic N) is 2. The highest BCUT2D eigenvalue weighted by atomic mass is 35.5. The van der Waals surface area contributed by atoms with Gasteiger partial charge in [-0.25, -0.2) is 4.39 Å². The van der Waals surface area contributed by atoms with E-state index < -0.39 is 0 Å². The van der Waals surface area contributed by atoms with Crippen LogP contribution in [0.5, 0.6) is 11.5 Å². The summed E-state index contributed by atoms with van der Waals surface area (Å²) in [5, 5.41) is 7.42. The van der Waals surface area contributed by atoms with E-state index in [9.17, 15) is 4.39 Å². The van der Waals surface area contributed by atoms with Crippen molar-refractivity contribution in [2.45, 2.75) is 6.92 Å². The molecule has 0 radical (unpaired) electrons. The minimum Gasteiger partial charge on any atom is -0.454 e. The first-order valence-electron chi connectivity index (χ1n) is 4.69. The number of rotatable bonds is 2. The van der Waals surface area contributed by atoms with Crippen molar-refractivity contribution in [3.05, 3.63) is 46.0 Å². The monoisotopic (exact) mass is 272 g/mol. The summed E-state index contributed by atoms with van der Waals surface area (Å²) in [7, 11) is 0. The molecule has 0 aliphatic rings. The molecular weight excluding hydrogens is 266 g/mol. The van der Waals surface area contributed by atoms with E-state index in [0.29, 0.717) is 11.3 Å². The topological polar surface area (TPSA) is 35.0 Å². The fourth-order valence-electron chi connectivity index (χ4n) is 1.22. The van der Waals surface area contributed by atoms with E-state index in [1.54, 1.807) is 13.0 Å². The molecule has 17 heavy (non-hydrogen) atoms. The smallest absolute Gasteiger partial charge is 0.194 e. The van der Waals surface area contributed by atoms with Gasteiger partial charge >= 0.3 is 0 Å². The number of ether oxygens (including phenoxy) is 1. The molecule has 0 fully saturated rings. The molecule has 1 aromatic carbocycles. The fraction of sp³-hybridized carbons (Fsp3) is 0.0909. The van der Waals surface area contributed by atoms with Gasteiger partial charge in [0.15, 0.2) is 16.1 Å². The fourth-order valence-corrected chi connectivity index (χ4v) is 1.48. The highest BCUT2D eigenvalue weighted by molar-refractivity contribution is 6.32. The predicted octanol–water partition coefficient (Wildman–Crippen LogP) is 4.02. The van der Waals surface area contributed by atoms with Crippen molar-refractivity contribution in [3.63, 3.8) is 0 Å². The Kier molecular flexibility index (Phi) is 3.45. The summed E-state index contributed by atoms with van der Waals surface area (Å²) in [5.41, 5.74) is 0.478. The van der Waals surface area contributed by atoms with Gasteiger partial charge in [0.25, 0.3) is 0 Å². The third kappa shape index (κ3) is 2.84. The summed E-state index contributed by atoms with van der Waals surface area (Å²) >= 11 is 11.5. The summed E-state index contributed by atoms with van der Waals surface area (Å²) in [6.07, 6.45) is 0. The second-order valence-electron chi connectivity index (χ2n) is 3.34. The molecule has 0 saturated heterocycles. The van der Waals surface area contributed by atoms with Crippen LogP contribution in [0.15, 0.2) is 24.3 Å². The van der Waals surface area contributed by atoms with Crippen LogP contribution in [-0.2, 0) is 0 Å². The van der Waals surface area contributed by atoms with Gasteiger partial charge in [-0.1, -0.05) is 23.2 Å². The molecule has 2 rings (SSSR count). The average Bonchev–Trinajstić information content (AvgIpc) is 2.29. The van der Waals surface area contributed by atoms with Crippen molar-refractivity contribution >= 4 is 23.2 Å². The van der Waals surface area contributed by atoms with Gasteiger partial charge in [0.1, 0.15) is 11.6 Å². The molecular formula is C11H7Cl2FN2O. The van der Waals surface area contributed by atoms with Crippen LogP contribution in [0.1, 0.15) is 5.56 Å². The highest BCUT2D eigenvalue weighted by Gasteiger charge is 2.07. The molecule has 3 nitrogen and oxygen atoms in total. The van der Waals surface area contributed by atoms with Crippen molar-refractivity contribution in [2.24, 2.45) is 0 Å². The molecule has 6 heteroatoms.